The highest BCUT2D eigenvalue weighted by Gasteiger charge is 2.30. The summed E-state index contributed by atoms with van der Waals surface area (Å²) in [4.78, 5) is 3.92. The Bertz CT molecular complexity index is 594. The number of nitrogens with zero attached hydrogens (tertiary/aromatic N) is 1. The minimum absolute atomic E-state index is 0.159. The lowest BCUT2D eigenvalue weighted by atomic mass is 10.1. The Kier molecular flexibility index (Phi) is 4.47. The molecular formula is C15H16F3N3. The van der Waals surface area contributed by atoms with Gasteiger partial charge < -0.3 is 11.1 Å². The molecule has 2 rings (SSSR count). The number of alkyl halides is 3. The topological polar surface area (TPSA) is 50.9 Å². The molecule has 0 bridgehead atoms. The van der Waals surface area contributed by atoms with Crippen LogP contribution in [-0.2, 0) is 12.7 Å². The van der Waals surface area contributed by atoms with Crippen molar-refractivity contribution in [3.63, 3.8) is 0 Å². The maximum absolute atomic E-state index is 12.6. The fourth-order valence-electron chi connectivity index (χ4n) is 1.93. The number of hydrogen-bond acceptors (Lipinski definition) is 3. The summed E-state index contributed by atoms with van der Waals surface area (Å²) in [5.74, 6) is 0.195. The molecule has 1 heterocycles. The zero-order valence-electron chi connectivity index (χ0n) is 11.5. The SMILES string of the molecule is CC(Nc1cc(C(F)(F)F)ccn1)c1ccc(CN)cc1. The van der Waals surface area contributed by atoms with Crippen LogP contribution in [0.15, 0.2) is 42.6 Å². The first-order valence-corrected chi connectivity index (χ1v) is 6.49. The summed E-state index contributed by atoms with van der Waals surface area (Å²) in [6.45, 7) is 2.32. The van der Waals surface area contributed by atoms with Gasteiger partial charge in [-0.3, -0.25) is 0 Å². The van der Waals surface area contributed by atoms with Crippen molar-refractivity contribution in [1.82, 2.24) is 4.98 Å². The van der Waals surface area contributed by atoms with Crippen LogP contribution in [0.4, 0.5) is 19.0 Å². The van der Waals surface area contributed by atoms with Crippen LogP contribution in [0.5, 0.6) is 0 Å². The van der Waals surface area contributed by atoms with E-state index in [4.69, 9.17) is 5.73 Å². The first-order valence-electron chi connectivity index (χ1n) is 6.49. The zero-order chi connectivity index (χ0) is 15.5. The summed E-state index contributed by atoms with van der Waals surface area (Å²) in [5.41, 5.74) is 6.76. The van der Waals surface area contributed by atoms with E-state index in [1.54, 1.807) is 0 Å². The quantitative estimate of drug-likeness (QED) is 0.903. The van der Waals surface area contributed by atoms with Crippen molar-refractivity contribution in [2.24, 2.45) is 5.73 Å². The fourth-order valence-corrected chi connectivity index (χ4v) is 1.93. The second-order valence-electron chi connectivity index (χ2n) is 4.74. The third kappa shape index (κ3) is 3.95. The Morgan fingerprint density at radius 2 is 1.86 bits per heavy atom. The van der Waals surface area contributed by atoms with Crippen molar-refractivity contribution in [1.29, 1.82) is 0 Å². The molecule has 2 aromatic rings. The van der Waals surface area contributed by atoms with Crippen molar-refractivity contribution in [2.45, 2.75) is 25.7 Å². The van der Waals surface area contributed by atoms with Gasteiger partial charge in [-0.25, -0.2) is 4.98 Å². The fraction of sp³-hybridized carbons (Fsp3) is 0.267. The predicted octanol–water partition coefficient (Wildman–Crippen LogP) is 3.73. The summed E-state index contributed by atoms with van der Waals surface area (Å²) in [6, 6.07) is 9.38. The minimum atomic E-state index is -4.37. The molecule has 1 unspecified atom stereocenters. The van der Waals surface area contributed by atoms with Gasteiger partial charge in [-0.1, -0.05) is 24.3 Å². The smallest absolute Gasteiger partial charge is 0.364 e. The number of aromatic nitrogens is 1. The standard InChI is InChI=1S/C15H16F3N3/c1-10(12-4-2-11(9-19)3-5-12)21-14-8-13(6-7-20-14)15(16,17)18/h2-8,10H,9,19H2,1H3,(H,20,21). The van der Waals surface area contributed by atoms with Crippen molar-refractivity contribution in [3.05, 3.63) is 59.3 Å². The third-order valence-electron chi connectivity index (χ3n) is 3.17. The molecule has 1 atom stereocenters. The molecule has 3 N–H and O–H groups in total. The summed E-state index contributed by atoms with van der Waals surface area (Å²) < 4.78 is 37.9. The Balaban J connectivity index is 2.13. The molecular weight excluding hydrogens is 279 g/mol. The van der Waals surface area contributed by atoms with E-state index in [0.717, 1.165) is 29.5 Å². The van der Waals surface area contributed by atoms with Gasteiger partial charge >= 0.3 is 6.18 Å². The van der Waals surface area contributed by atoms with Crippen LogP contribution >= 0.6 is 0 Å². The molecule has 0 spiro atoms. The van der Waals surface area contributed by atoms with Gasteiger partial charge in [-0.2, -0.15) is 13.2 Å². The van der Waals surface area contributed by atoms with E-state index in [2.05, 4.69) is 10.3 Å². The molecule has 0 saturated heterocycles. The average Bonchev–Trinajstić information content (AvgIpc) is 2.47. The van der Waals surface area contributed by atoms with E-state index >= 15 is 0 Å². The van der Waals surface area contributed by atoms with E-state index < -0.39 is 11.7 Å². The van der Waals surface area contributed by atoms with Crippen molar-refractivity contribution < 1.29 is 13.2 Å². The first kappa shape index (κ1) is 15.3. The lowest BCUT2D eigenvalue weighted by molar-refractivity contribution is -0.137. The number of benzene rings is 1. The van der Waals surface area contributed by atoms with E-state index in [0.29, 0.717) is 6.54 Å². The molecule has 0 fully saturated rings. The molecule has 1 aromatic carbocycles. The Morgan fingerprint density at radius 3 is 2.43 bits per heavy atom. The van der Waals surface area contributed by atoms with Crippen molar-refractivity contribution >= 4 is 5.82 Å². The first-order chi connectivity index (χ1) is 9.90. The van der Waals surface area contributed by atoms with Gasteiger partial charge in [0.2, 0.25) is 0 Å². The highest BCUT2D eigenvalue weighted by molar-refractivity contribution is 5.41. The maximum atomic E-state index is 12.6. The van der Waals surface area contributed by atoms with Gasteiger partial charge in [0.15, 0.2) is 0 Å². The lowest BCUT2D eigenvalue weighted by Crippen LogP contribution is -2.10. The van der Waals surface area contributed by atoms with Gasteiger partial charge in [-0.15, -0.1) is 0 Å². The summed E-state index contributed by atoms with van der Waals surface area (Å²) >= 11 is 0. The lowest BCUT2D eigenvalue weighted by Gasteiger charge is -2.16. The van der Waals surface area contributed by atoms with E-state index in [1.807, 2.05) is 31.2 Å². The molecule has 0 aliphatic rings. The van der Waals surface area contributed by atoms with Crippen LogP contribution in [-0.4, -0.2) is 4.98 Å². The number of nitrogens with one attached hydrogen (secondary N) is 1. The molecule has 0 aliphatic carbocycles. The maximum Gasteiger partial charge on any atom is 0.416 e. The summed E-state index contributed by atoms with van der Waals surface area (Å²) in [5, 5.41) is 2.97. The highest BCUT2D eigenvalue weighted by Crippen LogP contribution is 2.30. The zero-order valence-corrected chi connectivity index (χ0v) is 11.5. The van der Waals surface area contributed by atoms with Gasteiger partial charge in [-0.05, 0) is 30.2 Å². The van der Waals surface area contributed by atoms with Crippen molar-refractivity contribution in [2.75, 3.05) is 5.32 Å². The number of hydrogen-bond donors (Lipinski definition) is 2. The van der Waals surface area contributed by atoms with Gasteiger partial charge in [0.1, 0.15) is 5.82 Å². The van der Waals surface area contributed by atoms with Crippen LogP contribution in [0.25, 0.3) is 0 Å². The van der Waals surface area contributed by atoms with Crippen LogP contribution in [0.3, 0.4) is 0 Å². The summed E-state index contributed by atoms with van der Waals surface area (Å²) in [6.07, 6.45) is -3.22. The molecule has 21 heavy (non-hydrogen) atoms. The number of rotatable bonds is 4. The van der Waals surface area contributed by atoms with Crippen LogP contribution < -0.4 is 11.1 Å². The van der Waals surface area contributed by atoms with E-state index in [1.165, 1.54) is 0 Å². The second-order valence-corrected chi connectivity index (χ2v) is 4.74. The molecule has 0 radical (unpaired) electrons. The molecule has 0 aliphatic heterocycles. The third-order valence-corrected chi connectivity index (χ3v) is 3.17. The molecule has 0 amide bonds. The van der Waals surface area contributed by atoms with E-state index in [9.17, 15) is 13.2 Å². The number of nitrogens with two attached hydrogens (primary N) is 1. The highest BCUT2D eigenvalue weighted by atomic mass is 19.4. The molecule has 3 nitrogen and oxygen atoms in total. The van der Waals surface area contributed by atoms with Crippen molar-refractivity contribution in [3.8, 4) is 0 Å². The molecule has 0 saturated carbocycles. The van der Waals surface area contributed by atoms with Crippen LogP contribution in [0, 0.1) is 0 Å². The number of anilines is 1. The number of halogens is 3. The predicted molar refractivity (Wildman–Crippen MR) is 75.6 cm³/mol. The van der Waals surface area contributed by atoms with Gasteiger partial charge in [0.25, 0.3) is 0 Å². The normalized spacial score (nSPS) is 13.0. The largest absolute Gasteiger partial charge is 0.416 e. The Hall–Kier alpha value is -2.08. The van der Waals surface area contributed by atoms with E-state index in [-0.39, 0.29) is 11.9 Å². The minimum Gasteiger partial charge on any atom is -0.364 e. The monoisotopic (exact) mass is 295 g/mol. The van der Waals surface area contributed by atoms with Gasteiger partial charge in [0.05, 0.1) is 5.56 Å². The molecule has 112 valence electrons. The average molecular weight is 295 g/mol. The number of pyridine rings is 1. The van der Waals surface area contributed by atoms with Crippen LogP contribution in [0.1, 0.15) is 29.7 Å². The van der Waals surface area contributed by atoms with Gasteiger partial charge in [0, 0.05) is 18.8 Å². The molecule has 6 heteroatoms. The Morgan fingerprint density at radius 1 is 1.19 bits per heavy atom. The summed E-state index contributed by atoms with van der Waals surface area (Å²) in [7, 11) is 0. The van der Waals surface area contributed by atoms with Crippen LogP contribution in [0.2, 0.25) is 0 Å². The Labute approximate surface area is 121 Å². The molecule has 1 aromatic heterocycles. The second kappa shape index (κ2) is 6.13.